The number of carboxylic acid groups (broad SMARTS) is 1. The first-order valence-electron chi connectivity index (χ1n) is 5.67. The smallest absolute Gasteiger partial charge is 0.326 e. The molecule has 0 aromatic carbocycles. The fourth-order valence-electron chi connectivity index (χ4n) is 1.84. The van der Waals surface area contributed by atoms with E-state index in [1.165, 1.54) is 6.08 Å². The van der Waals surface area contributed by atoms with Gasteiger partial charge >= 0.3 is 12.0 Å². The third-order valence-corrected chi connectivity index (χ3v) is 2.90. The monoisotopic (exact) mass is 241 g/mol. The van der Waals surface area contributed by atoms with Crippen LogP contribution in [0.3, 0.4) is 0 Å². The van der Waals surface area contributed by atoms with Crippen molar-refractivity contribution in [1.29, 1.82) is 0 Å². The lowest BCUT2D eigenvalue weighted by Crippen LogP contribution is -2.47. The maximum atomic E-state index is 11.8. The number of hydrogen-bond donors (Lipinski definition) is 3. The number of nitrogens with zero attached hydrogens (tertiary/aromatic N) is 1. The first-order valence-corrected chi connectivity index (χ1v) is 5.67. The first kappa shape index (κ1) is 13.5. The average molecular weight is 241 g/mol. The molecule has 96 valence electrons. The van der Waals surface area contributed by atoms with Crippen molar-refractivity contribution in [3.8, 4) is 0 Å². The minimum absolute atomic E-state index is 0.217. The van der Waals surface area contributed by atoms with E-state index < -0.39 is 12.0 Å². The zero-order valence-electron chi connectivity index (χ0n) is 9.76. The summed E-state index contributed by atoms with van der Waals surface area (Å²) in [7, 11) is 0. The van der Waals surface area contributed by atoms with E-state index in [4.69, 9.17) is 10.8 Å². The molecule has 2 atom stereocenters. The van der Waals surface area contributed by atoms with Crippen molar-refractivity contribution in [2.24, 2.45) is 11.7 Å². The summed E-state index contributed by atoms with van der Waals surface area (Å²) >= 11 is 0. The predicted molar refractivity (Wildman–Crippen MR) is 63.5 cm³/mol. The average Bonchev–Trinajstić information content (AvgIpc) is 2.76. The maximum Gasteiger partial charge on any atom is 0.326 e. The number of carbonyl (C=O) groups is 2. The summed E-state index contributed by atoms with van der Waals surface area (Å²) in [5, 5.41) is 11.4. The number of aliphatic carboxylic acids is 1. The number of likely N-dealkylation sites (tertiary alicyclic amines) is 1. The summed E-state index contributed by atoms with van der Waals surface area (Å²) in [6.07, 6.45) is 2.57. The second-order valence-electron chi connectivity index (χ2n) is 4.20. The molecule has 0 saturated carbocycles. The molecule has 1 saturated heterocycles. The van der Waals surface area contributed by atoms with Gasteiger partial charge in [-0.25, -0.2) is 9.59 Å². The SMILES string of the molecule is C=CCC(NC(=O)N1CCC(CN)C1)C(=O)O. The van der Waals surface area contributed by atoms with Crippen molar-refractivity contribution in [3.63, 3.8) is 0 Å². The maximum absolute atomic E-state index is 11.8. The Morgan fingerprint density at radius 3 is 2.82 bits per heavy atom. The van der Waals surface area contributed by atoms with E-state index in [-0.39, 0.29) is 12.5 Å². The van der Waals surface area contributed by atoms with Crippen LogP contribution in [0.4, 0.5) is 4.79 Å². The molecule has 1 aliphatic heterocycles. The quantitative estimate of drug-likeness (QED) is 0.591. The molecule has 0 bridgehead atoms. The number of urea groups is 1. The lowest BCUT2D eigenvalue weighted by atomic mass is 10.1. The Morgan fingerprint density at radius 2 is 2.35 bits per heavy atom. The van der Waals surface area contributed by atoms with Gasteiger partial charge in [-0.15, -0.1) is 6.58 Å². The van der Waals surface area contributed by atoms with Gasteiger partial charge < -0.3 is 21.1 Å². The van der Waals surface area contributed by atoms with E-state index >= 15 is 0 Å². The molecule has 0 aliphatic carbocycles. The Balaban J connectivity index is 2.47. The zero-order chi connectivity index (χ0) is 12.8. The third-order valence-electron chi connectivity index (χ3n) is 2.90. The molecule has 4 N–H and O–H groups in total. The van der Waals surface area contributed by atoms with E-state index in [1.807, 2.05) is 0 Å². The minimum Gasteiger partial charge on any atom is -0.480 e. The van der Waals surface area contributed by atoms with Crippen molar-refractivity contribution < 1.29 is 14.7 Å². The largest absolute Gasteiger partial charge is 0.480 e. The van der Waals surface area contributed by atoms with Crippen LogP contribution in [0.1, 0.15) is 12.8 Å². The molecule has 0 radical (unpaired) electrons. The number of nitrogens with two attached hydrogens (primary N) is 1. The van der Waals surface area contributed by atoms with Crippen LogP contribution < -0.4 is 11.1 Å². The van der Waals surface area contributed by atoms with Gasteiger partial charge in [0.1, 0.15) is 6.04 Å². The van der Waals surface area contributed by atoms with Gasteiger partial charge in [0, 0.05) is 13.1 Å². The van der Waals surface area contributed by atoms with Crippen molar-refractivity contribution in [3.05, 3.63) is 12.7 Å². The van der Waals surface area contributed by atoms with Gasteiger partial charge in [-0.1, -0.05) is 6.08 Å². The number of carboxylic acids is 1. The van der Waals surface area contributed by atoms with Crippen LogP contribution >= 0.6 is 0 Å². The highest BCUT2D eigenvalue weighted by Gasteiger charge is 2.27. The lowest BCUT2D eigenvalue weighted by molar-refractivity contribution is -0.139. The van der Waals surface area contributed by atoms with Gasteiger partial charge in [0.05, 0.1) is 0 Å². The molecule has 2 amide bonds. The molecule has 0 spiro atoms. The number of rotatable bonds is 5. The first-order chi connectivity index (χ1) is 8.08. The minimum atomic E-state index is -1.05. The summed E-state index contributed by atoms with van der Waals surface area (Å²) in [5.41, 5.74) is 5.53. The molecule has 1 heterocycles. The number of nitrogens with one attached hydrogen (secondary N) is 1. The highest BCUT2D eigenvalue weighted by Crippen LogP contribution is 2.14. The van der Waals surface area contributed by atoms with Crippen LogP contribution in [0.15, 0.2) is 12.7 Å². The van der Waals surface area contributed by atoms with Crippen molar-refractivity contribution in [1.82, 2.24) is 10.2 Å². The van der Waals surface area contributed by atoms with Crippen LogP contribution in [-0.4, -0.2) is 47.7 Å². The van der Waals surface area contributed by atoms with Gasteiger partial charge in [-0.05, 0) is 25.3 Å². The van der Waals surface area contributed by atoms with Crippen LogP contribution in [0.2, 0.25) is 0 Å². The number of amides is 2. The highest BCUT2D eigenvalue weighted by molar-refractivity contribution is 5.82. The van der Waals surface area contributed by atoms with Gasteiger partial charge in [0.2, 0.25) is 0 Å². The number of carbonyl (C=O) groups excluding carboxylic acids is 1. The van der Waals surface area contributed by atoms with Gasteiger partial charge in [0.15, 0.2) is 0 Å². The highest BCUT2D eigenvalue weighted by atomic mass is 16.4. The summed E-state index contributed by atoms with van der Waals surface area (Å²) < 4.78 is 0. The molecule has 2 unspecified atom stereocenters. The van der Waals surface area contributed by atoms with E-state index in [1.54, 1.807) is 4.90 Å². The predicted octanol–water partition coefficient (Wildman–Crippen LogP) is 0.00590. The van der Waals surface area contributed by atoms with E-state index in [0.717, 1.165) is 6.42 Å². The van der Waals surface area contributed by atoms with Crippen molar-refractivity contribution >= 4 is 12.0 Å². The topological polar surface area (TPSA) is 95.7 Å². The molecule has 1 rings (SSSR count). The summed E-state index contributed by atoms with van der Waals surface area (Å²) in [5.74, 6) is -0.726. The Labute approximate surface area is 100 Å². The summed E-state index contributed by atoms with van der Waals surface area (Å²) in [6, 6.07) is -1.24. The Hall–Kier alpha value is -1.56. The Kier molecular flexibility index (Phi) is 4.96. The summed E-state index contributed by atoms with van der Waals surface area (Å²) in [4.78, 5) is 24.2. The lowest BCUT2D eigenvalue weighted by Gasteiger charge is -2.20. The summed E-state index contributed by atoms with van der Waals surface area (Å²) in [6.45, 7) is 5.26. The van der Waals surface area contributed by atoms with Gasteiger partial charge in [-0.2, -0.15) is 0 Å². The van der Waals surface area contributed by atoms with Crippen LogP contribution in [0.25, 0.3) is 0 Å². The van der Waals surface area contributed by atoms with E-state index in [2.05, 4.69) is 11.9 Å². The van der Waals surface area contributed by atoms with Crippen LogP contribution in [-0.2, 0) is 4.79 Å². The van der Waals surface area contributed by atoms with E-state index in [0.29, 0.717) is 25.6 Å². The normalized spacial score (nSPS) is 21.0. The third kappa shape index (κ3) is 3.74. The fraction of sp³-hybridized carbons (Fsp3) is 0.636. The molecule has 0 aromatic rings. The fourth-order valence-corrected chi connectivity index (χ4v) is 1.84. The standard InChI is InChI=1S/C11H19N3O3/c1-2-3-9(10(15)16)13-11(17)14-5-4-8(6-12)7-14/h2,8-9H,1,3-7,12H2,(H,13,17)(H,15,16). The molecule has 6 heteroatoms. The second-order valence-corrected chi connectivity index (χ2v) is 4.20. The molecule has 1 fully saturated rings. The molecular formula is C11H19N3O3. The van der Waals surface area contributed by atoms with Crippen molar-refractivity contribution in [2.45, 2.75) is 18.9 Å². The van der Waals surface area contributed by atoms with E-state index in [9.17, 15) is 9.59 Å². The van der Waals surface area contributed by atoms with Gasteiger partial charge in [-0.3, -0.25) is 0 Å². The Morgan fingerprint density at radius 1 is 1.65 bits per heavy atom. The molecule has 1 aliphatic rings. The van der Waals surface area contributed by atoms with Gasteiger partial charge in [0.25, 0.3) is 0 Å². The molecular weight excluding hydrogens is 222 g/mol. The number of hydrogen-bond acceptors (Lipinski definition) is 3. The van der Waals surface area contributed by atoms with Crippen LogP contribution in [0.5, 0.6) is 0 Å². The van der Waals surface area contributed by atoms with Crippen LogP contribution in [0, 0.1) is 5.92 Å². The molecule has 6 nitrogen and oxygen atoms in total. The second kappa shape index (κ2) is 6.24. The zero-order valence-corrected chi connectivity index (χ0v) is 9.76. The Bertz CT molecular complexity index is 306. The molecule has 17 heavy (non-hydrogen) atoms. The molecule has 0 aromatic heterocycles. The van der Waals surface area contributed by atoms with Crippen molar-refractivity contribution in [2.75, 3.05) is 19.6 Å².